The van der Waals surface area contributed by atoms with Crippen LogP contribution in [0.1, 0.15) is 5.56 Å². The zero-order valence-electron chi connectivity index (χ0n) is 21.0. The Hall–Kier alpha value is -4.13. The number of nitrogens with zero attached hydrogens (tertiary/aromatic N) is 5. The fraction of sp³-hybridized carbons (Fsp3) is 0.129. The average Bonchev–Trinajstić information content (AvgIpc) is 3.38. The number of carbonyl (C=O) groups is 1. The van der Waals surface area contributed by atoms with Crippen LogP contribution in [0.5, 0.6) is 0 Å². The predicted molar refractivity (Wildman–Crippen MR) is 159 cm³/mol. The molecule has 194 valence electrons. The lowest BCUT2D eigenvalue weighted by Gasteiger charge is -2.35. The molecule has 1 amide bonds. The molecule has 5 aromatic rings. The van der Waals surface area contributed by atoms with Gasteiger partial charge in [-0.05, 0) is 53.6 Å². The van der Waals surface area contributed by atoms with Crippen LogP contribution in [0.4, 0.5) is 5.82 Å². The van der Waals surface area contributed by atoms with E-state index in [0.717, 1.165) is 39.2 Å². The van der Waals surface area contributed by atoms with Gasteiger partial charge >= 0.3 is 0 Å². The van der Waals surface area contributed by atoms with E-state index in [4.69, 9.17) is 33.2 Å². The van der Waals surface area contributed by atoms with Crippen LogP contribution in [0.3, 0.4) is 0 Å². The molecule has 8 heteroatoms. The highest BCUT2D eigenvalue weighted by molar-refractivity contribution is 6.30. The Labute approximate surface area is 236 Å². The van der Waals surface area contributed by atoms with E-state index >= 15 is 0 Å². The summed E-state index contributed by atoms with van der Waals surface area (Å²) in [6, 6.07) is 25.4. The third-order valence-electron chi connectivity index (χ3n) is 6.93. The molecule has 0 unspecified atom stereocenters. The first-order valence-corrected chi connectivity index (χ1v) is 13.5. The number of piperazine rings is 1. The number of amides is 1. The van der Waals surface area contributed by atoms with Gasteiger partial charge in [-0.1, -0.05) is 65.7 Å². The van der Waals surface area contributed by atoms with E-state index in [-0.39, 0.29) is 5.91 Å². The fourth-order valence-electron chi connectivity index (χ4n) is 4.91. The van der Waals surface area contributed by atoms with Gasteiger partial charge in [-0.25, -0.2) is 9.97 Å². The monoisotopic (exact) mass is 553 g/mol. The molecule has 1 aliphatic heterocycles. The molecular formula is C31H25Cl2N5O. The van der Waals surface area contributed by atoms with Crippen molar-refractivity contribution in [3.05, 3.63) is 113 Å². The van der Waals surface area contributed by atoms with Crippen molar-refractivity contribution >= 4 is 52.0 Å². The molecule has 0 spiro atoms. The molecule has 1 aliphatic rings. The number of rotatable bonds is 5. The second kappa shape index (κ2) is 10.9. The van der Waals surface area contributed by atoms with Crippen molar-refractivity contribution < 1.29 is 4.79 Å². The molecule has 3 heterocycles. The molecule has 1 saturated heterocycles. The molecule has 2 aromatic heterocycles. The first-order chi connectivity index (χ1) is 19.1. The van der Waals surface area contributed by atoms with Crippen molar-refractivity contribution in [3.8, 4) is 16.8 Å². The van der Waals surface area contributed by atoms with E-state index in [2.05, 4.69) is 27.8 Å². The molecule has 6 rings (SSSR count). The van der Waals surface area contributed by atoms with Crippen molar-refractivity contribution in [2.75, 3.05) is 31.1 Å². The number of benzene rings is 3. The second-order valence-electron chi connectivity index (χ2n) is 9.35. The molecule has 0 aliphatic carbocycles. The number of hydrogen-bond donors (Lipinski definition) is 0. The van der Waals surface area contributed by atoms with Crippen LogP contribution >= 0.6 is 23.2 Å². The molecule has 3 aromatic carbocycles. The van der Waals surface area contributed by atoms with Gasteiger partial charge in [0.05, 0.1) is 5.39 Å². The molecular weight excluding hydrogens is 529 g/mol. The second-order valence-corrected chi connectivity index (χ2v) is 10.2. The van der Waals surface area contributed by atoms with Crippen LogP contribution in [-0.4, -0.2) is 51.5 Å². The Morgan fingerprint density at radius 1 is 0.795 bits per heavy atom. The summed E-state index contributed by atoms with van der Waals surface area (Å²) in [5.74, 6) is 0.867. The third kappa shape index (κ3) is 5.26. The number of carbonyl (C=O) groups excluding carboxylic acids is 1. The van der Waals surface area contributed by atoms with Crippen molar-refractivity contribution in [3.63, 3.8) is 0 Å². The van der Waals surface area contributed by atoms with E-state index in [1.807, 2.05) is 77.7 Å². The van der Waals surface area contributed by atoms with Gasteiger partial charge in [0.25, 0.3) is 0 Å². The summed E-state index contributed by atoms with van der Waals surface area (Å²) < 4.78 is 2.08. The van der Waals surface area contributed by atoms with E-state index in [1.165, 1.54) is 0 Å². The molecule has 39 heavy (non-hydrogen) atoms. The molecule has 0 saturated carbocycles. The van der Waals surface area contributed by atoms with Gasteiger partial charge in [0.15, 0.2) is 5.65 Å². The molecule has 0 N–H and O–H groups in total. The number of halogens is 2. The van der Waals surface area contributed by atoms with Crippen LogP contribution in [0.25, 0.3) is 33.9 Å². The summed E-state index contributed by atoms with van der Waals surface area (Å²) in [5.41, 5.74) is 4.88. The van der Waals surface area contributed by atoms with Crippen molar-refractivity contribution in [2.24, 2.45) is 0 Å². The highest BCUT2D eigenvalue weighted by atomic mass is 35.5. The lowest BCUT2D eigenvalue weighted by Crippen LogP contribution is -2.48. The first kappa shape index (κ1) is 25.2. The fourth-order valence-corrected chi connectivity index (χ4v) is 5.16. The molecule has 6 nitrogen and oxygen atoms in total. The Balaban J connectivity index is 1.29. The van der Waals surface area contributed by atoms with Gasteiger partial charge in [0.1, 0.15) is 12.1 Å². The number of anilines is 1. The van der Waals surface area contributed by atoms with Crippen LogP contribution in [0.15, 0.2) is 97.5 Å². The summed E-state index contributed by atoms with van der Waals surface area (Å²) in [6.45, 7) is 2.56. The Morgan fingerprint density at radius 3 is 2.15 bits per heavy atom. The van der Waals surface area contributed by atoms with Gasteiger partial charge in [-0.15, -0.1) is 0 Å². The average molecular weight is 554 g/mol. The minimum absolute atomic E-state index is 0.00343. The van der Waals surface area contributed by atoms with Crippen molar-refractivity contribution in [1.29, 1.82) is 0 Å². The van der Waals surface area contributed by atoms with E-state index < -0.39 is 0 Å². The maximum absolute atomic E-state index is 12.9. The largest absolute Gasteiger partial charge is 0.352 e. The Kier molecular flexibility index (Phi) is 7.05. The van der Waals surface area contributed by atoms with E-state index in [0.29, 0.717) is 36.2 Å². The number of fused-ring (bicyclic) bond motifs is 1. The van der Waals surface area contributed by atoms with Crippen LogP contribution in [-0.2, 0) is 4.79 Å². The van der Waals surface area contributed by atoms with Crippen molar-refractivity contribution in [2.45, 2.75) is 0 Å². The van der Waals surface area contributed by atoms with Crippen molar-refractivity contribution in [1.82, 2.24) is 19.4 Å². The molecule has 0 bridgehead atoms. The summed E-state index contributed by atoms with van der Waals surface area (Å²) in [4.78, 5) is 26.4. The summed E-state index contributed by atoms with van der Waals surface area (Å²) in [5, 5.41) is 2.35. The third-order valence-corrected chi connectivity index (χ3v) is 7.44. The molecule has 0 radical (unpaired) electrons. The maximum Gasteiger partial charge on any atom is 0.246 e. The van der Waals surface area contributed by atoms with Crippen LogP contribution < -0.4 is 4.90 Å². The minimum Gasteiger partial charge on any atom is -0.352 e. The standard InChI is InChI=1S/C31H25Cl2N5O/c32-24-9-6-22(7-10-24)8-15-28(39)36-16-18-37(19-17-36)30-29-27(23-4-2-1-3-5-23)20-38(31(29)35-21-34-30)26-13-11-25(33)12-14-26/h1-15,20-21H,16-19H2/b15-8+. The number of aromatic nitrogens is 3. The lowest BCUT2D eigenvalue weighted by molar-refractivity contribution is -0.126. The number of hydrogen-bond acceptors (Lipinski definition) is 4. The molecule has 1 fully saturated rings. The van der Waals surface area contributed by atoms with E-state index in [1.54, 1.807) is 12.4 Å². The molecule has 0 atom stereocenters. The van der Waals surface area contributed by atoms with Gasteiger partial charge in [0.2, 0.25) is 5.91 Å². The zero-order valence-corrected chi connectivity index (χ0v) is 22.6. The summed E-state index contributed by atoms with van der Waals surface area (Å²) in [7, 11) is 0. The highest BCUT2D eigenvalue weighted by Crippen LogP contribution is 2.37. The topological polar surface area (TPSA) is 54.3 Å². The first-order valence-electron chi connectivity index (χ1n) is 12.7. The highest BCUT2D eigenvalue weighted by Gasteiger charge is 2.25. The van der Waals surface area contributed by atoms with Gasteiger partial charge in [0, 0.05) is 59.7 Å². The Morgan fingerprint density at radius 2 is 1.46 bits per heavy atom. The quantitative estimate of drug-likeness (QED) is 0.226. The normalized spacial score (nSPS) is 13.9. The van der Waals surface area contributed by atoms with Crippen LogP contribution in [0, 0.1) is 0 Å². The van der Waals surface area contributed by atoms with Gasteiger partial charge < -0.3 is 14.4 Å². The van der Waals surface area contributed by atoms with Gasteiger partial charge in [-0.3, -0.25) is 4.79 Å². The zero-order chi connectivity index (χ0) is 26.8. The van der Waals surface area contributed by atoms with E-state index in [9.17, 15) is 4.79 Å². The summed E-state index contributed by atoms with van der Waals surface area (Å²) in [6.07, 6.45) is 7.18. The lowest BCUT2D eigenvalue weighted by atomic mass is 10.1. The van der Waals surface area contributed by atoms with Crippen LogP contribution in [0.2, 0.25) is 10.0 Å². The Bertz CT molecular complexity index is 1640. The van der Waals surface area contributed by atoms with Gasteiger partial charge in [-0.2, -0.15) is 0 Å². The SMILES string of the molecule is O=C(/C=C/c1ccc(Cl)cc1)N1CCN(c2ncnc3c2c(-c2ccccc2)cn3-c2ccc(Cl)cc2)CC1. The predicted octanol–water partition coefficient (Wildman–Crippen LogP) is 6.76. The minimum atomic E-state index is -0.00343. The summed E-state index contributed by atoms with van der Waals surface area (Å²) >= 11 is 12.1. The maximum atomic E-state index is 12.9. The smallest absolute Gasteiger partial charge is 0.246 e.